The third kappa shape index (κ3) is 4.48. The van der Waals surface area contributed by atoms with Crippen molar-refractivity contribution < 1.29 is 9.53 Å². The third-order valence-electron chi connectivity index (χ3n) is 5.00. The Labute approximate surface area is 159 Å². The number of anilines is 3. The van der Waals surface area contributed by atoms with Crippen molar-refractivity contribution in [2.45, 2.75) is 31.7 Å². The van der Waals surface area contributed by atoms with E-state index in [1.165, 1.54) is 0 Å². The number of hydrogen-bond acceptors (Lipinski definition) is 6. The van der Waals surface area contributed by atoms with E-state index < -0.39 is 0 Å². The molecule has 2 N–H and O–H groups in total. The van der Waals surface area contributed by atoms with Crippen molar-refractivity contribution in [3.05, 3.63) is 36.5 Å². The van der Waals surface area contributed by atoms with Crippen LogP contribution in [0.2, 0.25) is 0 Å². The molecule has 2 aliphatic rings. The number of nitrogens with one attached hydrogen (secondary N) is 2. The fourth-order valence-corrected chi connectivity index (χ4v) is 3.31. The first-order valence-corrected chi connectivity index (χ1v) is 9.51. The van der Waals surface area contributed by atoms with Crippen LogP contribution >= 0.6 is 0 Å². The van der Waals surface area contributed by atoms with Gasteiger partial charge in [0.1, 0.15) is 11.6 Å². The molecule has 1 atom stereocenters. The minimum Gasteiger partial charge on any atom is -0.497 e. The quantitative estimate of drug-likeness (QED) is 0.817. The van der Waals surface area contributed by atoms with Crippen LogP contribution in [0.15, 0.2) is 36.5 Å². The van der Waals surface area contributed by atoms with Crippen LogP contribution in [0.3, 0.4) is 0 Å². The van der Waals surface area contributed by atoms with Gasteiger partial charge in [0, 0.05) is 31.0 Å². The topological polar surface area (TPSA) is 79.4 Å². The lowest BCUT2D eigenvalue weighted by Crippen LogP contribution is -2.44. The van der Waals surface area contributed by atoms with Gasteiger partial charge < -0.3 is 20.3 Å². The van der Waals surface area contributed by atoms with Crippen LogP contribution in [0.1, 0.15) is 25.7 Å². The van der Waals surface area contributed by atoms with Crippen molar-refractivity contribution >= 4 is 23.4 Å². The first-order valence-electron chi connectivity index (χ1n) is 9.51. The zero-order chi connectivity index (χ0) is 18.6. The number of carbonyl (C=O) groups excluding carboxylic acids is 1. The molecule has 0 spiro atoms. The average molecular weight is 367 g/mol. The van der Waals surface area contributed by atoms with E-state index in [1.54, 1.807) is 13.3 Å². The molecule has 2 fully saturated rings. The van der Waals surface area contributed by atoms with Crippen molar-refractivity contribution in [2.24, 2.45) is 5.92 Å². The fourth-order valence-electron chi connectivity index (χ4n) is 3.31. The molecule has 1 aromatic heterocycles. The third-order valence-corrected chi connectivity index (χ3v) is 5.00. The Morgan fingerprint density at radius 2 is 2.00 bits per heavy atom. The number of nitrogens with zero attached hydrogens (tertiary/aromatic N) is 3. The second kappa shape index (κ2) is 7.82. The van der Waals surface area contributed by atoms with Crippen LogP contribution in [-0.4, -0.2) is 42.1 Å². The Morgan fingerprint density at radius 3 is 2.74 bits per heavy atom. The van der Waals surface area contributed by atoms with Gasteiger partial charge in [-0.25, -0.2) is 4.98 Å². The predicted molar refractivity (Wildman–Crippen MR) is 104 cm³/mol. The van der Waals surface area contributed by atoms with Gasteiger partial charge in [-0.15, -0.1) is 0 Å². The summed E-state index contributed by atoms with van der Waals surface area (Å²) in [6, 6.07) is 9.94. The molecule has 1 aliphatic carbocycles. The first kappa shape index (κ1) is 17.6. The van der Waals surface area contributed by atoms with Gasteiger partial charge in [0.2, 0.25) is 11.9 Å². The van der Waals surface area contributed by atoms with Gasteiger partial charge in [0.15, 0.2) is 0 Å². The number of methoxy groups -OCH3 is 1. The van der Waals surface area contributed by atoms with E-state index in [1.807, 2.05) is 30.3 Å². The number of carbonyl (C=O) groups is 1. The van der Waals surface area contributed by atoms with Gasteiger partial charge in [-0.05, 0) is 56.0 Å². The van der Waals surface area contributed by atoms with Crippen LogP contribution in [-0.2, 0) is 4.79 Å². The molecule has 7 nitrogen and oxygen atoms in total. The largest absolute Gasteiger partial charge is 0.497 e. The van der Waals surface area contributed by atoms with Crippen LogP contribution in [0, 0.1) is 5.92 Å². The molecule has 2 heterocycles. The molecule has 1 saturated carbocycles. The minimum atomic E-state index is 0.0150. The van der Waals surface area contributed by atoms with Crippen molar-refractivity contribution in [1.29, 1.82) is 0 Å². The van der Waals surface area contributed by atoms with Crippen molar-refractivity contribution in [1.82, 2.24) is 15.3 Å². The van der Waals surface area contributed by atoms with E-state index in [0.717, 1.165) is 49.5 Å². The zero-order valence-corrected chi connectivity index (χ0v) is 15.5. The van der Waals surface area contributed by atoms with Crippen LogP contribution in [0.4, 0.5) is 17.5 Å². The van der Waals surface area contributed by atoms with Gasteiger partial charge in [-0.1, -0.05) is 0 Å². The summed E-state index contributed by atoms with van der Waals surface area (Å²) < 4.78 is 5.18. The Kier molecular flexibility index (Phi) is 5.09. The lowest BCUT2D eigenvalue weighted by molar-refractivity contribution is -0.125. The monoisotopic (exact) mass is 367 g/mol. The van der Waals surface area contributed by atoms with E-state index in [-0.39, 0.29) is 11.8 Å². The molecule has 27 heavy (non-hydrogen) atoms. The van der Waals surface area contributed by atoms with Crippen molar-refractivity contribution in [3.63, 3.8) is 0 Å². The molecule has 0 bridgehead atoms. The SMILES string of the molecule is COc1ccc(Nc2ccnc(N3CCCC(C(=O)NC4CC4)C3)n2)cc1. The van der Waals surface area contributed by atoms with E-state index in [9.17, 15) is 4.79 Å². The lowest BCUT2D eigenvalue weighted by Gasteiger charge is -2.32. The maximum absolute atomic E-state index is 12.4. The smallest absolute Gasteiger partial charge is 0.227 e. The summed E-state index contributed by atoms with van der Waals surface area (Å²) >= 11 is 0. The molecule has 1 amide bonds. The Balaban J connectivity index is 1.42. The number of piperidine rings is 1. The summed E-state index contributed by atoms with van der Waals surface area (Å²) in [5, 5.41) is 6.41. The number of aromatic nitrogens is 2. The van der Waals surface area contributed by atoms with Crippen LogP contribution in [0.25, 0.3) is 0 Å². The molecule has 1 unspecified atom stereocenters. The average Bonchev–Trinajstić information content (AvgIpc) is 3.53. The second-order valence-corrected chi connectivity index (χ2v) is 7.16. The second-order valence-electron chi connectivity index (χ2n) is 7.16. The van der Waals surface area contributed by atoms with E-state index in [0.29, 0.717) is 18.5 Å². The van der Waals surface area contributed by atoms with E-state index >= 15 is 0 Å². The maximum Gasteiger partial charge on any atom is 0.227 e. The molecular weight excluding hydrogens is 342 g/mol. The van der Waals surface area contributed by atoms with Gasteiger partial charge in [0.25, 0.3) is 0 Å². The molecule has 1 saturated heterocycles. The maximum atomic E-state index is 12.4. The fraction of sp³-hybridized carbons (Fsp3) is 0.450. The van der Waals surface area contributed by atoms with Crippen LogP contribution in [0.5, 0.6) is 5.75 Å². The van der Waals surface area contributed by atoms with Crippen molar-refractivity contribution in [3.8, 4) is 5.75 Å². The molecule has 4 rings (SSSR count). The Morgan fingerprint density at radius 1 is 1.19 bits per heavy atom. The zero-order valence-electron chi connectivity index (χ0n) is 15.5. The van der Waals surface area contributed by atoms with Crippen LogP contribution < -0.4 is 20.3 Å². The van der Waals surface area contributed by atoms with E-state index in [2.05, 4.69) is 25.5 Å². The highest BCUT2D eigenvalue weighted by atomic mass is 16.5. The van der Waals surface area contributed by atoms with Crippen molar-refractivity contribution in [2.75, 3.05) is 30.4 Å². The molecule has 1 aromatic carbocycles. The molecule has 142 valence electrons. The molecular formula is C20H25N5O2. The lowest BCUT2D eigenvalue weighted by atomic mass is 9.97. The number of benzene rings is 1. The summed E-state index contributed by atoms with van der Waals surface area (Å²) in [5.41, 5.74) is 0.931. The Hall–Kier alpha value is -2.83. The summed E-state index contributed by atoms with van der Waals surface area (Å²) in [7, 11) is 1.65. The van der Waals surface area contributed by atoms with Gasteiger partial charge in [0.05, 0.1) is 13.0 Å². The minimum absolute atomic E-state index is 0.0150. The van der Waals surface area contributed by atoms with Gasteiger partial charge >= 0.3 is 0 Å². The molecule has 7 heteroatoms. The highest BCUT2D eigenvalue weighted by Crippen LogP contribution is 2.25. The van der Waals surface area contributed by atoms with E-state index in [4.69, 9.17) is 4.74 Å². The molecule has 2 aromatic rings. The summed E-state index contributed by atoms with van der Waals surface area (Å²) in [4.78, 5) is 23.6. The highest BCUT2D eigenvalue weighted by molar-refractivity contribution is 5.80. The summed E-state index contributed by atoms with van der Waals surface area (Å²) in [6.45, 7) is 1.55. The standard InChI is InChI=1S/C20H25N5O2/c1-27-17-8-6-15(7-9-17)22-18-10-11-21-20(24-18)25-12-2-3-14(13-25)19(26)23-16-4-5-16/h6-11,14,16H,2-5,12-13H2,1H3,(H,23,26)(H,21,22,24). The highest BCUT2D eigenvalue weighted by Gasteiger charge is 2.31. The normalized spacial score (nSPS) is 19.4. The first-order chi connectivity index (χ1) is 13.2. The number of amides is 1. The Bertz CT molecular complexity index is 791. The van der Waals surface area contributed by atoms with Gasteiger partial charge in [-0.2, -0.15) is 4.98 Å². The summed E-state index contributed by atoms with van der Waals surface area (Å²) in [5.74, 6) is 2.40. The number of rotatable bonds is 6. The summed E-state index contributed by atoms with van der Waals surface area (Å²) in [6.07, 6.45) is 5.89. The number of ether oxygens (including phenoxy) is 1. The predicted octanol–water partition coefficient (Wildman–Crippen LogP) is 2.72. The number of hydrogen-bond donors (Lipinski definition) is 2. The van der Waals surface area contributed by atoms with Gasteiger partial charge in [-0.3, -0.25) is 4.79 Å². The molecule has 1 aliphatic heterocycles. The molecule has 0 radical (unpaired) electrons.